The van der Waals surface area contributed by atoms with Crippen molar-refractivity contribution in [1.82, 2.24) is 0 Å². The Morgan fingerprint density at radius 3 is 2.57 bits per heavy atom. The highest BCUT2D eigenvalue weighted by Gasteiger charge is 2.17. The summed E-state index contributed by atoms with van der Waals surface area (Å²) in [7, 11) is -1.94. The summed E-state index contributed by atoms with van der Waals surface area (Å²) in [5.74, 6) is -1.21. The molecule has 0 unspecified atom stereocenters. The van der Waals surface area contributed by atoms with E-state index in [0.29, 0.717) is 31.8 Å². The number of methoxy groups -OCH3 is 1. The van der Waals surface area contributed by atoms with Gasteiger partial charge in [-0.05, 0) is 31.0 Å². The Morgan fingerprint density at radius 1 is 1.24 bits per heavy atom. The van der Waals surface area contributed by atoms with Crippen LogP contribution in [0.3, 0.4) is 0 Å². The van der Waals surface area contributed by atoms with E-state index in [1.807, 2.05) is 0 Å². The molecule has 0 aliphatic carbocycles. The van der Waals surface area contributed by atoms with Crippen molar-refractivity contribution in [2.45, 2.75) is 18.2 Å². The third-order valence-corrected chi connectivity index (χ3v) is 4.73. The summed E-state index contributed by atoms with van der Waals surface area (Å²) in [6.45, 7) is 2.83. The third kappa shape index (κ3) is 5.45. The molecule has 1 N–H and O–H groups in total. The Hall–Kier alpha value is -1.44. The van der Waals surface area contributed by atoms with E-state index in [0.717, 1.165) is 0 Å². The fourth-order valence-corrected chi connectivity index (χ4v) is 3.04. The smallest absolute Gasteiger partial charge is 0.335 e. The highest BCUT2D eigenvalue weighted by Crippen LogP contribution is 2.17. The van der Waals surface area contributed by atoms with Gasteiger partial charge in [0, 0.05) is 13.7 Å². The molecule has 0 aliphatic heterocycles. The molecule has 0 saturated heterocycles. The standard InChI is InChI=1S/C14H20O6S/c1-11-4-5-12(10-13(11)14(15)16)21(17,18)9-3-6-20-8-7-19-2/h4-5,10H,3,6-9H2,1-2H3,(H,15,16). The molecule has 1 aromatic rings. The van der Waals surface area contributed by atoms with Crippen molar-refractivity contribution in [2.24, 2.45) is 0 Å². The average molecular weight is 316 g/mol. The van der Waals surface area contributed by atoms with E-state index >= 15 is 0 Å². The van der Waals surface area contributed by atoms with Gasteiger partial charge < -0.3 is 14.6 Å². The maximum absolute atomic E-state index is 12.1. The summed E-state index contributed by atoms with van der Waals surface area (Å²) in [4.78, 5) is 11.1. The van der Waals surface area contributed by atoms with Crippen LogP contribution in [0, 0.1) is 6.92 Å². The maximum atomic E-state index is 12.1. The Bertz CT molecular complexity index is 579. The number of carboxylic acids is 1. The molecule has 0 fully saturated rings. The minimum absolute atomic E-state index is 0.00687. The van der Waals surface area contributed by atoms with Crippen LogP contribution in [0.4, 0.5) is 0 Å². The molecule has 0 atom stereocenters. The quantitative estimate of drug-likeness (QED) is 0.695. The van der Waals surface area contributed by atoms with Crippen molar-refractivity contribution in [1.29, 1.82) is 0 Å². The minimum atomic E-state index is -3.50. The Labute approximate surface area is 124 Å². The van der Waals surface area contributed by atoms with Gasteiger partial charge in [-0.2, -0.15) is 0 Å². The molecule has 1 rings (SSSR count). The van der Waals surface area contributed by atoms with E-state index < -0.39 is 15.8 Å². The van der Waals surface area contributed by atoms with Gasteiger partial charge in [-0.3, -0.25) is 0 Å². The molecule has 0 spiro atoms. The molecular weight excluding hydrogens is 296 g/mol. The van der Waals surface area contributed by atoms with Crippen LogP contribution in [-0.4, -0.2) is 52.2 Å². The SMILES string of the molecule is COCCOCCCS(=O)(=O)c1ccc(C)c(C(=O)O)c1. The van der Waals surface area contributed by atoms with E-state index in [1.54, 1.807) is 14.0 Å². The van der Waals surface area contributed by atoms with E-state index in [9.17, 15) is 13.2 Å². The van der Waals surface area contributed by atoms with Crippen LogP contribution in [0.1, 0.15) is 22.3 Å². The fraction of sp³-hybridized carbons (Fsp3) is 0.500. The van der Waals surface area contributed by atoms with Crippen molar-refractivity contribution in [3.05, 3.63) is 29.3 Å². The van der Waals surface area contributed by atoms with Gasteiger partial charge in [-0.25, -0.2) is 13.2 Å². The summed E-state index contributed by atoms with van der Waals surface area (Å²) in [5, 5.41) is 9.03. The normalized spacial score (nSPS) is 11.5. The summed E-state index contributed by atoms with van der Waals surface area (Å²) >= 11 is 0. The lowest BCUT2D eigenvalue weighted by molar-refractivity contribution is 0.0695. The van der Waals surface area contributed by atoms with Gasteiger partial charge in [0.25, 0.3) is 0 Å². The van der Waals surface area contributed by atoms with Gasteiger partial charge in [-0.15, -0.1) is 0 Å². The predicted molar refractivity (Wildman–Crippen MR) is 77.5 cm³/mol. The van der Waals surface area contributed by atoms with Crippen molar-refractivity contribution in [3.63, 3.8) is 0 Å². The Balaban J connectivity index is 2.66. The van der Waals surface area contributed by atoms with Crippen molar-refractivity contribution in [2.75, 3.05) is 32.7 Å². The number of carboxylic acid groups (broad SMARTS) is 1. The minimum Gasteiger partial charge on any atom is -0.478 e. The number of carbonyl (C=O) groups is 1. The number of hydrogen-bond donors (Lipinski definition) is 1. The van der Waals surface area contributed by atoms with Crippen LogP contribution in [0.25, 0.3) is 0 Å². The van der Waals surface area contributed by atoms with E-state index in [1.165, 1.54) is 18.2 Å². The Kier molecular flexibility index (Phi) is 6.80. The number of rotatable bonds is 9. The lowest BCUT2D eigenvalue weighted by Gasteiger charge is -2.08. The summed E-state index contributed by atoms with van der Waals surface area (Å²) in [6, 6.07) is 4.15. The van der Waals surface area contributed by atoms with Crippen LogP contribution >= 0.6 is 0 Å². The highest BCUT2D eigenvalue weighted by molar-refractivity contribution is 7.91. The molecule has 1 aromatic carbocycles. The monoisotopic (exact) mass is 316 g/mol. The van der Waals surface area contributed by atoms with Gasteiger partial charge in [-0.1, -0.05) is 6.07 Å². The van der Waals surface area contributed by atoms with Crippen LogP contribution in [0.2, 0.25) is 0 Å². The van der Waals surface area contributed by atoms with Crippen LogP contribution < -0.4 is 0 Å². The van der Waals surface area contributed by atoms with E-state index in [2.05, 4.69) is 0 Å². The van der Waals surface area contributed by atoms with E-state index in [4.69, 9.17) is 14.6 Å². The number of hydrogen-bond acceptors (Lipinski definition) is 5. The van der Waals surface area contributed by atoms with Gasteiger partial charge in [0.05, 0.1) is 29.4 Å². The Morgan fingerprint density at radius 2 is 1.95 bits per heavy atom. The number of sulfone groups is 1. The summed E-state index contributed by atoms with van der Waals surface area (Å²) in [5.41, 5.74) is 0.539. The first-order valence-electron chi connectivity index (χ1n) is 6.52. The maximum Gasteiger partial charge on any atom is 0.335 e. The molecule has 0 aliphatic rings. The van der Waals surface area contributed by atoms with Crippen LogP contribution in [-0.2, 0) is 19.3 Å². The molecule has 0 saturated carbocycles. The largest absolute Gasteiger partial charge is 0.478 e. The lowest BCUT2D eigenvalue weighted by Crippen LogP contribution is -2.12. The number of ether oxygens (including phenoxy) is 2. The first kappa shape index (κ1) is 17.6. The second-order valence-electron chi connectivity index (χ2n) is 4.56. The van der Waals surface area contributed by atoms with E-state index in [-0.39, 0.29) is 16.2 Å². The van der Waals surface area contributed by atoms with Gasteiger partial charge in [0.1, 0.15) is 0 Å². The molecule has 118 valence electrons. The summed E-state index contributed by atoms with van der Waals surface area (Å²) < 4.78 is 34.3. The topological polar surface area (TPSA) is 89.9 Å². The van der Waals surface area contributed by atoms with Crippen LogP contribution in [0.5, 0.6) is 0 Å². The number of aromatic carboxylic acids is 1. The van der Waals surface area contributed by atoms with Crippen molar-refractivity contribution >= 4 is 15.8 Å². The first-order chi connectivity index (χ1) is 9.88. The molecular formula is C14H20O6S. The molecule has 0 amide bonds. The first-order valence-corrected chi connectivity index (χ1v) is 8.17. The molecule has 0 radical (unpaired) electrons. The predicted octanol–water partition coefficient (Wildman–Crippen LogP) is 1.52. The zero-order chi connectivity index (χ0) is 15.9. The molecule has 7 heteroatoms. The molecule has 0 aromatic heterocycles. The number of benzene rings is 1. The third-order valence-electron chi connectivity index (χ3n) is 2.93. The highest BCUT2D eigenvalue weighted by atomic mass is 32.2. The second-order valence-corrected chi connectivity index (χ2v) is 6.67. The van der Waals surface area contributed by atoms with Crippen LogP contribution in [0.15, 0.2) is 23.1 Å². The molecule has 21 heavy (non-hydrogen) atoms. The van der Waals surface area contributed by atoms with Crippen molar-refractivity contribution < 1.29 is 27.8 Å². The van der Waals surface area contributed by atoms with Gasteiger partial charge in [0.2, 0.25) is 0 Å². The summed E-state index contributed by atoms with van der Waals surface area (Å²) in [6.07, 6.45) is 0.350. The zero-order valence-electron chi connectivity index (χ0n) is 12.2. The molecule has 6 nitrogen and oxygen atoms in total. The van der Waals surface area contributed by atoms with Gasteiger partial charge in [0.15, 0.2) is 9.84 Å². The molecule has 0 bridgehead atoms. The zero-order valence-corrected chi connectivity index (χ0v) is 13.0. The average Bonchev–Trinajstić information content (AvgIpc) is 2.42. The second kappa shape index (κ2) is 8.11. The van der Waals surface area contributed by atoms with Crippen molar-refractivity contribution in [3.8, 4) is 0 Å². The number of aryl methyl sites for hydroxylation is 1. The lowest BCUT2D eigenvalue weighted by atomic mass is 10.1. The molecule has 0 heterocycles. The van der Waals surface area contributed by atoms with Gasteiger partial charge >= 0.3 is 5.97 Å². The fourth-order valence-electron chi connectivity index (χ4n) is 1.74.